The summed E-state index contributed by atoms with van der Waals surface area (Å²) in [6.45, 7) is 0. The molecular weight excluding hydrogens is 292 g/mol. The number of ether oxygens (including phenoxy) is 2. The summed E-state index contributed by atoms with van der Waals surface area (Å²) in [5.41, 5.74) is 7.12. The molecule has 0 aliphatic carbocycles. The van der Waals surface area contributed by atoms with Gasteiger partial charge in [-0.25, -0.2) is 0 Å². The highest BCUT2D eigenvalue weighted by molar-refractivity contribution is 6.30. The third-order valence-electron chi connectivity index (χ3n) is 2.90. The number of carbonyl (C=O) groups is 1. The highest BCUT2D eigenvalue weighted by atomic mass is 35.5. The first-order valence-electron chi connectivity index (χ1n) is 6.13. The predicted octanol–water partition coefficient (Wildman–Crippen LogP) is 3.19. The van der Waals surface area contributed by atoms with Crippen molar-refractivity contribution in [3.63, 3.8) is 0 Å². The van der Waals surface area contributed by atoms with Crippen molar-refractivity contribution in [1.29, 1.82) is 0 Å². The second-order valence-electron chi connectivity index (χ2n) is 4.26. The normalized spacial score (nSPS) is 10.0. The van der Waals surface area contributed by atoms with Gasteiger partial charge in [-0.15, -0.1) is 0 Å². The summed E-state index contributed by atoms with van der Waals surface area (Å²) >= 11 is 5.80. The first-order chi connectivity index (χ1) is 10.0. The van der Waals surface area contributed by atoms with E-state index in [1.165, 1.54) is 14.2 Å². The van der Waals surface area contributed by atoms with Crippen LogP contribution in [0.15, 0.2) is 36.4 Å². The van der Waals surface area contributed by atoms with Crippen molar-refractivity contribution in [2.24, 2.45) is 0 Å². The van der Waals surface area contributed by atoms with Gasteiger partial charge in [0, 0.05) is 22.5 Å². The average molecular weight is 307 g/mol. The molecule has 0 bridgehead atoms. The minimum atomic E-state index is -0.337. The minimum Gasteiger partial charge on any atom is -0.493 e. The van der Waals surface area contributed by atoms with Crippen LogP contribution in [0.25, 0.3) is 0 Å². The number of carbonyl (C=O) groups excluding carboxylic acids is 1. The minimum absolute atomic E-state index is 0.305. The van der Waals surface area contributed by atoms with Crippen LogP contribution in [0, 0.1) is 0 Å². The molecule has 0 aliphatic rings. The van der Waals surface area contributed by atoms with E-state index < -0.39 is 0 Å². The highest BCUT2D eigenvalue weighted by Crippen LogP contribution is 2.32. The third-order valence-corrected chi connectivity index (χ3v) is 3.15. The first-order valence-corrected chi connectivity index (χ1v) is 6.51. The lowest BCUT2D eigenvalue weighted by Crippen LogP contribution is -2.14. The maximum Gasteiger partial charge on any atom is 0.257 e. The van der Waals surface area contributed by atoms with Gasteiger partial charge in [-0.05, 0) is 30.3 Å². The van der Waals surface area contributed by atoms with E-state index in [4.69, 9.17) is 26.8 Å². The van der Waals surface area contributed by atoms with E-state index in [0.29, 0.717) is 33.5 Å². The SMILES string of the molecule is COc1cc(N)c(C(=O)Nc2ccc(Cl)cc2)cc1OC. The maximum atomic E-state index is 12.3. The number of hydrogen-bond acceptors (Lipinski definition) is 4. The molecule has 2 aromatic carbocycles. The zero-order valence-electron chi connectivity index (χ0n) is 11.6. The van der Waals surface area contributed by atoms with Crippen molar-refractivity contribution in [1.82, 2.24) is 0 Å². The molecule has 0 unspecified atom stereocenters. The van der Waals surface area contributed by atoms with Gasteiger partial charge in [0.05, 0.1) is 19.8 Å². The fraction of sp³-hybridized carbons (Fsp3) is 0.133. The van der Waals surface area contributed by atoms with E-state index in [-0.39, 0.29) is 5.91 Å². The molecule has 0 fully saturated rings. The van der Waals surface area contributed by atoms with Gasteiger partial charge in [-0.3, -0.25) is 4.79 Å². The summed E-state index contributed by atoms with van der Waals surface area (Å²) in [7, 11) is 3.00. The molecule has 0 heterocycles. The van der Waals surface area contributed by atoms with Gasteiger partial charge >= 0.3 is 0 Å². The fourth-order valence-corrected chi connectivity index (χ4v) is 1.95. The standard InChI is InChI=1S/C15H15ClN2O3/c1-20-13-7-11(12(17)8-14(13)21-2)15(19)18-10-5-3-9(16)4-6-10/h3-8H,17H2,1-2H3,(H,18,19). The monoisotopic (exact) mass is 306 g/mol. The van der Waals surface area contributed by atoms with Gasteiger partial charge in [0.1, 0.15) is 0 Å². The molecular formula is C15H15ClN2O3. The molecule has 0 saturated carbocycles. The molecule has 3 N–H and O–H groups in total. The number of methoxy groups -OCH3 is 2. The average Bonchev–Trinajstić information content (AvgIpc) is 2.49. The maximum absolute atomic E-state index is 12.3. The molecule has 0 spiro atoms. The number of nitrogen functional groups attached to an aromatic ring is 1. The molecule has 110 valence electrons. The molecule has 21 heavy (non-hydrogen) atoms. The molecule has 0 radical (unpaired) electrons. The van der Waals surface area contributed by atoms with Crippen molar-refractivity contribution in [2.75, 3.05) is 25.3 Å². The van der Waals surface area contributed by atoms with Crippen molar-refractivity contribution in [3.05, 3.63) is 47.0 Å². The van der Waals surface area contributed by atoms with Crippen LogP contribution in [-0.2, 0) is 0 Å². The Labute approximate surface area is 127 Å². The Morgan fingerprint density at radius 3 is 2.24 bits per heavy atom. The van der Waals surface area contributed by atoms with Gasteiger partial charge in [0.2, 0.25) is 0 Å². The van der Waals surface area contributed by atoms with Crippen LogP contribution < -0.4 is 20.5 Å². The molecule has 0 atom stereocenters. The predicted molar refractivity (Wildman–Crippen MR) is 83.4 cm³/mol. The highest BCUT2D eigenvalue weighted by Gasteiger charge is 2.15. The van der Waals surface area contributed by atoms with Gasteiger partial charge in [0.15, 0.2) is 11.5 Å². The Kier molecular flexibility index (Phi) is 4.55. The number of halogens is 1. The number of nitrogens with one attached hydrogen (secondary N) is 1. The molecule has 1 amide bonds. The van der Waals surface area contributed by atoms with E-state index in [0.717, 1.165) is 0 Å². The van der Waals surface area contributed by atoms with E-state index in [9.17, 15) is 4.79 Å². The quantitative estimate of drug-likeness (QED) is 0.851. The van der Waals surface area contributed by atoms with Gasteiger partial charge in [0.25, 0.3) is 5.91 Å². The summed E-state index contributed by atoms with van der Waals surface area (Å²) in [4.78, 5) is 12.3. The van der Waals surface area contributed by atoms with Crippen LogP contribution >= 0.6 is 11.6 Å². The van der Waals surface area contributed by atoms with Crippen molar-refractivity contribution in [3.8, 4) is 11.5 Å². The van der Waals surface area contributed by atoms with Crippen LogP contribution in [0.3, 0.4) is 0 Å². The van der Waals surface area contributed by atoms with Crippen LogP contribution in [0.2, 0.25) is 5.02 Å². The number of nitrogens with two attached hydrogens (primary N) is 1. The molecule has 0 aliphatic heterocycles. The number of benzene rings is 2. The largest absolute Gasteiger partial charge is 0.493 e. The topological polar surface area (TPSA) is 73.6 Å². The summed E-state index contributed by atoms with van der Waals surface area (Å²) in [6.07, 6.45) is 0. The van der Waals surface area contributed by atoms with Crippen LogP contribution in [0.4, 0.5) is 11.4 Å². The Bertz CT molecular complexity index is 657. The van der Waals surface area contributed by atoms with Gasteiger partial charge in [-0.1, -0.05) is 11.6 Å². The zero-order chi connectivity index (χ0) is 15.4. The van der Waals surface area contributed by atoms with E-state index >= 15 is 0 Å². The second-order valence-corrected chi connectivity index (χ2v) is 4.69. The molecule has 0 saturated heterocycles. The first kappa shape index (κ1) is 15.0. The van der Waals surface area contributed by atoms with Crippen molar-refractivity contribution in [2.45, 2.75) is 0 Å². The number of amides is 1. The molecule has 6 heteroatoms. The smallest absolute Gasteiger partial charge is 0.257 e. The molecule has 2 rings (SSSR count). The van der Waals surface area contributed by atoms with Crippen molar-refractivity contribution >= 4 is 28.9 Å². The fourth-order valence-electron chi connectivity index (χ4n) is 1.82. The van der Waals surface area contributed by atoms with Gasteiger partial charge in [-0.2, -0.15) is 0 Å². The van der Waals surface area contributed by atoms with E-state index in [2.05, 4.69) is 5.32 Å². The van der Waals surface area contributed by atoms with Crippen LogP contribution in [-0.4, -0.2) is 20.1 Å². The lowest BCUT2D eigenvalue weighted by molar-refractivity contribution is 0.102. The third kappa shape index (κ3) is 3.38. The Morgan fingerprint density at radius 2 is 1.67 bits per heavy atom. The second kappa shape index (κ2) is 6.37. The lowest BCUT2D eigenvalue weighted by Gasteiger charge is -2.12. The number of anilines is 2. The molecule has 0 aromatic heterocycles. The lowest BCUT2D eigenvalue weighted by atomic mass is 10.1. The Hall–Kier alpha value is -2.40. The van der Waals surface area contributed by atoms with E-state index in [1.54, 1.807) is 36.4 Å². The molecule has 2 aromatic rings. The van der Waals surface area contributed by atoms with Crippen LogP contribution in [0.1, 0.15) is 10.4 Å². The zero-order valence-corrected chi connectivity index (χ0v) is 12.4. The Balaban J connectivity index is 2.28. The summed E-state index contributed by atoms with van der Waals surface area (Å²) in [6, 6.07) is 9.88. The van der Waals surface area contributed by atoms with Crippen molar-refractivity contribution < 1.29 is 14.3 Å². The van der Waals surface area contributed by atoms with Crippen LogP contribution in [0.5, 0.6) is 11.5 Å². The van der Waals surface area contributed by atoms with Gasteiger partial charge < -0.3 is 20.5 Å². The summed E-state index contributed by atoms with van der Waals surface area (Å²) < 4.78 is 10.3. The number of rotatable bonds is 4. The van der Waals surface area contributed by atoms with E-state index in [1.807, 2.05) is 0 Å². The number of hydrogen-bond donors (Lipinski definition) is 2. The Morgan fingerprint density at radius 1 is 1.10 bits per heavy atom. The summed E-state index contributed by atoms with van der Waals surface area (Å²) in [5.74, 6) is 0.571. The molecule has 5 nitrogen and oxygen atoms in total. The summed E-state index contributed by atoms with van der Waals surface area (Å²) in [5, 5.41) is 3.34.